The average molecular weight is 212 g/mol. The molecule has 0 fully saturated rings. The van der Waals surface area contributed by atoms with Crippen molar-refractivity contribution in [3.8, 4) is 0 Å². The maximum Gasteiger partial charge on any atom is 0.312 e. The largest absolute Gasteiger partial charge is 0.481 e. The molecule has 1 aromatic carbocycles. The first-order valence-electron chi connectivity index (χ1n) is 4.40. The molecule has 1 atom stereocenters. The van der Waals surface area contributed by atoms with E-state index in [4.69, 9.17) is 16.7 Å². The SMILES string of the molecule is O=C(O)C1CNCc2ccc(Cl)cc21. The summed E-state index contributed by atoms with van der Waals surface area (Å²) in [7, 11) is 0. The fourth-order valence-electron chi connectivity index (χ4n) is 1.73. The molecule has 0 amide bonds. The van der Waals surface area contributed by atoms with E-state index < -0.39 is 11.9 Å². The van der Waals surface area contributed by atoms with E-state index in [2.05, 4.69) is 5.32 Å². The van der Waals surface area contributed by atoms with Crippen molar-refractivity contribution < 1.29 is 9.90 Å². The fourth-order valence-corrected chi connectivity index (χ4v) is 1.91. The van der Waals surface area contributed by atoms with Crippen LogP contribution in [-0.2, 0) is 11.3 Å². The smallest absolute Gasteiger partial charge is 0.312 e. The van der Waals surface area contributed by atoms with Gasteiger partial charge in [0.1, 0.15) is 0 Å². The minimum atomic E-state index is -0.805. The lowest BCUT2D eigenvalue weighted by atomic mass is 9.91. The maximum atomic E-state index is 10.9. The molecule has 1 unspecified atom stereocenters. The number of carbonyl (C=O) groups is 1. The second-order valence-electron chi connectivity index (χ2n) is 3.36. The van der Waals surface area contributed by atoms with Crippen LogP contribution in [0.25, 0.3) is 0 Å². The minimum Gasteiger partial charge on any atom is -0.481 e. The van der Waals surface area contributed by atoms with Crippen molar-refractivity contribution in [1.82, 2.24) is 5.32 Å². The lowest BCUT2D eigenvalue weighted by Crippen LogP contribution is -2.32. The molecule has 0 saturated heterocycles. The molecule has 4 heteroatoms. The number of hydrogen-bond acceptors (Lipinski definition) is 2. The van der Waals surface area contributed by atoms with Crippen LogP contribution in [0.2, 0.25) is 5.02 Å². The third kappa shape index (κ3) is 1.61. The van der Waals surface area contributed by atoms with Crippen molar-refractivity contribution >= 4 is 17.6 Å². The lowest BCUT2D eigenvalue weighted by Gasteiger charge is -2.23. The van der Waals surface area contributed by atoms with E-state index in [9.17, 15) is 4.79 Å². The van der Waals surface area contributed by atoms with Crippen molar-refractivity contribution in [2.75, 3.05) is 6.54 Å². The molecule has 1 aliphatic heterocycles. The van der Waals surface area contributed by atoms with E-state index in [1.54, 1.807) is 12.1 Å². The molecule has 2 N–H and O–H groups in total. The Bertz CT molecular complexity index is 378. The fraction of sp³-hybridized carbons (Fsp3) is 0.300. The van der Waals surface area contributed by atoms with Crippen LogP contribution in [0.5, 0.6) is 0 Å². The summed E-state index contributed by atoms with van der Waals surface area (Å²) in [6.45, 7) is 1.19. The van der Waals surface area contributed by atoms with Crippen molar-refractivity contribution in [3.05, 3.63) is 34.3 Å². The van der Waals surface area contributed by atoms with Gasteiger partial charge in [-0.25, -0.2) is 0 Å². The third-order valence-corrected chi connectivity index (χ3v) is 2.68. The topological polar surface area (TPSA) is 49.3 Å². The van der Waals surface area contributed by atoms with Gasteiger partial charge in [0.15, 0.2) is 0 Å². The second-order valence-corrected chi connectivity index (χ2v) is 3.80. The zero-order chi connectivity index (χ0) is 10.1. The number of carboxylic acids is 1. The van der Waals surface area contributed by atoms with Crippen molar-refractivity contribution in [2.24, 2.45) is 0 Å². The van der Waals surface area contributed by atoms with Crippen molar-refractivity contribution in [1.29, 1.82) is 0 Å². The standard InChI is InChI=1S/C10H10ClNO2/c11-7-2-1-6-4-12-5-9(10(13)14)8(6)3-7/h1-3,9,12H,4-5H2,(H,13,14). The number of hydrogen-bond donors (Lipinski definition) is 2. The van der Waals surface area contributed by atoms with Crippen molar-refractivity contribution in [2.45, 2.75) is 12.5 Å². The molecule has 1 aromatic rings. The molecular weight excluding hydrogens is 202 g/mol. The molecule has 0 bridgehead atoms. The van der Waals surface area contributed by atoms with Gasteiger partial charge in [-0.3, -0.25) is 4.79 Å². The van der Waals surface area contributed by atoms with Gasteiger partial charge < -0.3 is 10.4 Å². The van der Waals surface area contributed by atoms with E-state index in [0.29, 0.717) is 11.6 Å². The van der Waals surface area contributed by atoms with Crippen LogP contribution in [-0.4, -0.2) is 17.6 Å². The summed E-state index contributed by atoms with van der Waals surface area (Å²) in [5.74, 6) is -1.28. The van der Waals surface area contributed by atoms with Crippen LogP contribution < -0.4 is 5.32 Å². The normalized spacial score (nSPS) is 20.2. The van der Waals surface area contributed by atoms with Crippen molar-refractivity contribution in [3.63, 3.8) is 0 Å². The first kappa shape index (κ1) is 9.49. The van der Waals surface area contributed by atoms with Gasteiger partial charge in [-0.15, -0.1) is 0 Å². The highest BCUT2D eigenvalue weighted by Gasteiger charge is 2.25. The number of aliphatic carboxylic acids is 1. The Balaban J connectivity index is 2.46. The molecule has 2 rings (SSSR count). The number of rotatable bonds is 1. The molecule has 1 heterocycles. The van der Waals surface area contributed by atoms with Crippen LogP contribution >= 0.6 is 11.6 Å². The Morgan fingerprint density at radius 3 is 3.07 bits per heavy atom. The van der Waals surface area contributed by atoms with Gasteiger partial charge in [0, 0.05) is 18.1 Å². The zero-order valence-corrected chi connectivity index (χ0v) is 8.21. The van der Waals surface area contributed by atoms with Gasteiger partial charge in [0.05, 0.1) is 5.92 Å². The average Bonchev–Trinajstić information content (AvgIpc) is 2.16. The van der Waals surface area contributed by atoms with Crippen LogP contribution in [0.15, 0.2) is 18.2 Å². The zero-order valence-electron chi connectivity index (χ0n) is 7.46. The summed E-state index contributed by atoms with van der Waals surface area (Å²) in [6.07, 6.45) is 0. The minimum absolute atomic E-state index is 0.475. The van der Waals surface area contributed by atoms with Crippen LogP contribution in [0, 0.1) is 0 Å². The van der Waals surface area contributed by atoms with Crippen LogP contribution in [0.4, 0.5) is 0 Å². The summed E-state index contributed by atoms with van der Waals surface area (Å²) in [5, 5.41) is 12.7. The maximum absolute atomic E-state index is 10.9. The number of benzene rings is 1. The highest BCUT2D eigenvalue weighted by Crippen LogP contribution is 2.26. The predicted octanol–water partition coefficient (Wildman–Crippen LogP) is 1.61. The van der Waals surface area contributed by atoms with E-state index in [1.165, 1.54) is 0 Å². The second kappa shape index (κ2) is 3.59. The van der Waals surface area contributed by atoms with Gasteiger partial charge in [0.25, 0.3) is 0 Å². The van der Waals surface area contributed by atoms with Gasteiger partial charge in [-0.05, 0) is 23.3 Å². The third-order valence-electron chi connectivity index (χ3n) is 2.45. The number of nitrogens with one attached hydrogen (secondary N) is 1. The first-order valence-corrected chi connectivity index (χ1v) is 4.78. The summed E-state index contributed by atoms with van der Waals surface area (Å²) in [4.78, 5) is 10.9. The Hall–Kier alpha value is -1.06. The monoisotopic (exact) mass is 211 g/mol. The Kier molecular flexibility index (Phi) is 2.44. The van der Waals surface area contributed by atoms with Gasteiger partial charge in [0.2, 0.25) is 0 Å². The quantitative estimate of drug-likeness (QED) is 0.742. The van der Waals surface area contributed by atoms with E-state index in [0.717, 1.165) is 17.7 Å². The molecule has 0 aliphatic carbocycles. The molecular formula is C10H10ClNO2. The highest BCUT2D eigenvalue weighted by molar-refractivity contribution is 6.30. The van der Waals surface area contributed by atoms with E-state index in [1.807, 2.05) is 6.07 Å². The first-order chi connectivity index (χ1) is 6.68. The summed E-state index contributed by atoms with van der Waals surface area (Å²) in [6, 6.07) is 5.41. The predicted molar refractivity (Wildman–Crippen MR) is 53.5 cm³/mol. The molecule has 0 aromatic heterocycles. The molecule has 0 spiro atoms. The van der Waals surface area contributed by atoms with Gasteiger partial charge >= 0.3 is 5.97 Å². The van der Waals surface area contributed by atoms with Gasteiger partial charge in [-0.2, -0.15) is 0 Å². The number of fused-ring (bicyclic) bond motifs is 1. The van der Waals surface area contributed by atoms with Crippen LogP contribution in [0.1, 0.15) is 17.0 Å². The molecule has 14 heavy (non-hydrogen) atoms. The molecule has 0 radical (unpaired) electrons. The van der Waals surface area contributed by atoms with E-state index >= 15 is 0 Å². The number of carboxylic acid groups (broad SMARTS) is 1. The Labute approximate surface area is 86.7 Å². The Morgan fingerprint density at radius 1 is 1.57 bits per heavy atom. The van der Waals surface area contributed by atoms with E-state index in [-0.39, 0.29) is 0 Å². The molecule has 3 nitrogen and oxygen atoms in total. The lowest BCUT2D eigenvalue weighted by molar-refractivity contribution is -0.138. The van der Waals surface area contributed by atoms with Crippen LogP contribution in [0.3, 0.4) is 0 Å². The van der Waals surface area contributed by atoms with Gasteiger partial charge in [-0.1, -0.05) is 17.7 Å². The highest BCUT2D eigenvalue weighted by atomic mass is 35.5. The summed E-state index contributed by atoms with van der Waals surface area (Å²) >= 11 is 5.83. The Morgan fingerprint density at radius 2 is 2.36 bits per heavy atom. The molecule has 1 aliphatic rings. The molecule has 74 valence electrons. The molecule has 0 saturated carbocycles. The number of halogens is 1. The summed E-state index contributed by atoms with van der Waals surface area (Å²) < 4.78 is 0. The summed E-state index contributed by atoms with van der Waals surface area (Å²) in [5.41, 5.74) is 1.86.